The van der Waals surface area contributed by atoms with Gasteiger partial charge in [-0.15, -0.1) is 0 Å². The van der Waals surface area contributed by atoms with E-state index < -0.39 is 8.32 Å². The molecule has 1 aromatic rings. The Bertz CT molecular complexity index is 597. The second-order valence-corrected chi connectivity index (χ2v) is 15.0. The van der Waals surface area contributed by atoms with E-state index in [1.807, 2.05) is 0 Å². The molecule has 4 heteroatoms. The summed E-state index contributed by atoms with van der Waals surface area (Å²) in [5.74, 6) is 0. The third-order valence-corrected chi connectivity index (χ3v) is 9.35. The van der Waals surface area contributed by atoms with E-state index in [2.05, 4.69) is 90.0 Å². The lowest BCUT2D eigenvalue weighted by atomic mass is 9.79. The number of hydrogen-bond acceptors (Lipinski definition) is 3. The maximum Gasteiger partial charge on any atom is 0.187 e. The van der Waals surface area contributed by atoms with Crippen LogP contribution in [0, 0.1) is 0 Å². The van der Waals surface area contributed by atoms with Gasteiger partial charge in [-0.3, -0.25) is 4.90 Å². The molecule has 1 unspecified atom stereocenters. The monoisotopic (exact) mass is 419 g/mol. The topological polar surface area (TPSA) is 21.7 Å². The predicted octanol–water partition coefficient (Wildman–Crippen LogP) is 6.81. The fourth-order valence-electron chi connectivity index (χ4n) is 4.92. The summed E-state index contributed by atoms with van der Waals surface area (Å²) in [6.07, 6.45) is 6.01. The van der Waals surface area contributed by atoms with E-state index in [9.17, 15) is 0 Å². The van der Waals surface area contributed by atoms with Gasteiger partial charge < -0.3 is 9.16 Å². The van der Waals surface area contributed by atoms with Crippen molar-refractivity contribution in [2.75, 3.05) is 13.7 Å². The van der Waals surface area contributed by atoms with Crippen LogP contribution in [0.1, 0.15) is 78.4 Å². The minimum absolute atomic E-state index is 0.178. The molecule has 29 heavy (non-hydrogen) atoms. The van der Waals surface area contributed by atoms with Crippen LogP contribution >= 0.6 is 0 Å². The van der Waals surface area contributed by atoms with E-state index in [0.717, 1.165) is 32.3 Å². The number of rotatable bonds is 10. The van der Waals surface area contributed by atoms with Crippen LogP contribution < -0.4 is 0 Å². The first kappa shape index (κ1) is 24.6. The highest BCUT2D eigenvalue weighted by Gasteiger charge is 2.43. The maximum atomic E-state index is 6.71. The molecule has 1 aliphatic heterocycles. The molecule has 0 spiro atoms. The van der Waals surface area contributed by atoms with E-state index in [0.29, 0.717) is 6.10 Å². The summed E-state index contributed by atoms with van der Waals surface area (Å²) in [6, 6.07) is 12.0. The molecule has 3 nitrogen and oxygen atoms in total. The third kappa shape index (κ3) is 7.20. The summed E-state index contributed by atoms with van der Waals surface area (Å²) in [4.78, 5) is 2.51. The van der Waals surface area contributed by atoms with E-state index in [4.69, 9.17) is 9.16 Å². The molecule has 0 radical (unpaired) electrons. The minimum Gasteiger partial charge on any atom is -0.410 e. The van der Waals surface area contributed by atoms with Crippen molar-refractivity contribution in [2.45, 2.75) is 109 Å². The highest BCUT2D eigenvalue weighted by molar-refractivity contribution is 6.71. The largest absolute Gasteiger partial charge is 0.410 e. The van der Waals surface area contributed by atoms with Crippen LogP contribution in [0.5, 0.6) is 0 Å². The molecular weight excluding hydrogens is 374 g/mol. The quantitative estimate of drug-likeness (QED) is 0.307. The average Bonchev–Trinajstić information content (AvgIpc) is 2.62. The van der Waals surface area contributed by atoms with Crippen molar-refractivity contribution >= 4 is 8.32 Å². The minimum atomic E-state index is -1.63. The van der Waals surface area contributed by atoms with Gasteiger partial charge in [0.25, 0.3) is 0 Å². The Morgan fingerprint density at radius 2 is 1.66 bits per heavy atom. The van der Waals surface area contributed by atoms with Gasteiger partial charge in [-0.2, -0.15) is 0 Å². The highest BCUT2D eigenvalue weighted by Crippen LogP contribution is 2.38. The molecule has 0 bridgehead atoms. The third-order valence-electron chi connectivity index (χ3n) is 6.72. The summed E-state index contributed by atoms with van der Waals surface area (Å²) in [6.45, 7) is 17.1. The molecule has 0 N–H and O–H groups in total. The average molecular weight is 420 g/mol. The fourth-order valence-corrected chi connectivity index (χ4v) is 7.27. The molecule has 1 fully saturated rings. The highest BCUT2D eigenvalue weighted by atomic mass is 28.4. The SMILES string of the molecule is CCC[Si](C)(C)OC(CCCOC1CC(C)(C)N(C)C(C)(C)C1)c1ccccc1. The van der Waals surface area contributed by atoms with Crippen molar-refractivity contribution < 1.29 is 9.16 Å². The van der Waals surface area contributed by atoms with E-state index in [1.165, 1.54) is 18.0 Å². The molecule has 0 aliphatic carbocycles. The molecule has 1 atom stereocenters. The van der Waals surface area contributed by atoms with Crippen LogP contribution in [-0.4, -0.2) is 44.1 Å². The Morgan fingerprint density at radius 1 is 1.07 bits per heavy atom. The molecule has 1 aromatic carbocycles. The van der Waals surface area contributed by atoms with Gasteiger partial charge in [0.05, 0.1) is 12.2 Å². The lowest BCUT2D eigenvalue weighted by molar-refractivity contribution is -0.0924. The molecule has 1 aliphatic rings. The molecule has 0 saturated carbocycles. The Morgan fingerprint density at radius 3 is 2.21 bits per heavy atom. The normalized spacial score (nSPS) is 21.2. The summed E-state index contributed by atoms with van der Waals surface area (Å²) >= 11 is 0. The van der Waals surface area contributed by atoms with Crippen LogP contribution in [0.4, 0.5) is 0 Å². The molecule has 2 rings (SSSR count). The zero-order valence-electron chi connectivity index (χ0n) is 20.3. The first-order valence-corrected chi connectivity index (χ1v) is 14.7. The van der Waals surface area contributed by atoms with Gasteiger partial charge in [-0.25, -0.2) is 0 Å². The zero-order chi connectivity index (χ0) is 21.7. The van der Waals surface area contributed by atoms with Gasteiger partial charge in [0, 0.05) is 17.7 Å². The molecular formula is C25H45NO2Si. The van der Waals surface area contributed by atoms with Crippen molar-refractivity contribution in [3.8, 4) is 0 Å². The second-order valence-electron chi connectivity index (χ2n) is 10.8. The zero-order valence-corrected chi connectivity index (χ0v) is 21.3. The van der Waals surface area contributed by atoms with Crippen LogP contribution in [0.15, 0.2) is 30.3 Å². The maximum absolute atomic E-state index is 6.71. The van der Waals surface area contributed by atoms with Crippen molar-refractivity contribution in [1.29, 1.82) is 0 Å². The number of hydrogen-bond donors (Lipinski definition) is 0. The summed E-state index contributed by atoms with van der Waals surface area (Å²) < 4.78 is 13.1. The van der Waals surface area contributed by atoms with Crippen molar-refractivity contribution in [2.24, 2.45) is 0 Å². The number of nitrogens with zero attached hydrogens (tertiary/aromatic N) is 1. The summed E-state index contributed by atoms with van der Waals surface area (Å²) in [5.41, 5.74) is 1.67. The van der Waals surface area contributed by atoms with E-state index in [1.54, 1.807) is 0 Å². The lowest BCUT2D eigenvalue weighted by Gasteiger charge is -2.53. The van der Waals surface area contributed by atoms with Gasteiger partial charge in [-0.1, -0.05) is 43.7 Å². The standard InChI is InChI=1S/C25H45NO2Si/c1-9-18-29(7,8)28-23(21-14-11-10-12-15-21)16-13-17-27-22-19-24(2,3)26(6)25(4,5)20-22/h10-12,14-15,22-23H,9,13,16-20H2,1-8H3. The number of piperidine rings is 1. The Kier molecular flexibility index (Phi) is 8.55. The first-order chi connectivity index (χ1) is 13.5. The van der Waals surface area contributed by atoms with E-state index in [-0.39, 0.29) is 17.2 Å². The Balaban J connectivity index is 1.91. The van der Waals surface area contributed by atoms with Crippen LogP contribution in [0.25, 0.3) is 0 Å². The summed E-state index contributed by atoms with van der Waals surface area (Å²) in [7, 11) is 0.616. The van der Waals surface area contributed by atoms with Gasteiger partial charge in [0.2, 0.25) is 0 Å². The lowest BCUT2D eigenvalue weighted by Crippen LogP contribution is -2.60. The molecule has 0 amide bonds. The molecule has 0 aromatic heterocycles. The molecule has 166 valence electrons. The number of benzene rings is 1. The van der Waals surface area contributed by atoms with Gasteiger partial charge in [0.15, 0.2) is 8.32 Å². The van der Waals surface area contributed by atoms with Gasteiger partial charge in [-0.05, 0) is 85.1 Å². The smallest absolute Gasteiger partial charge is 0.187 e. The Hall–Kier alpha value is -0.683. The Labute approximate surface area is 181 Å². The first-order valence-electron chi connectivity index (χ1n) is 11.6. The molecule has 1 heterocycles. The second kappa shape index (κ2) is 10.1. The molecule has 1 saturated heterocycles. The predicted molar refractivity (Wildman–Crippen MR) is 127 cm³/mol. The van der Waals surface area contributed by atoms with Gasteiger partial charge in [0.1, 0.15) is 0 Å². The van der Waals surface area contributed by atoms with Crippen molar-refractivity contribution in [1.82, 2.24) is 4.90 Å². The van der Waals surface area contributed by atoms with Crippen LogP contribution in [-0.2, 0) is 9.16 Å². The van der Waals surface area contributed by atoms with Crippen molar-refractivity contribution in [3.05, 3.63) is 35.9 Å². The van der Waals surface area contributed by atoms with Crippen LogP contribution in [0.2, 0.25) is 19.1 Å². The van der Waals surface area contributed by atoms with Crippen LogP contribution in [0.3, 0.4) is 0 Å². The van der Waals surface area contributed by atoms with Gasteiger partial charge >= 0.3 is 0 Å². The number of likely N-dealkylation sites (tertiary alicyclic amines) is 1. The number of ether oxygens (including phenoxy) is 1. The van der Waals surface area contributed by atoms with E-state index >= 15 is 0 Å². The summed E-state index contributed by atoms with van der Waals surface area (Å²) in [5, 5.41) is 0. The fraction of sp³-hybridized carbons (Fsp3) is 0.760. The van der Waals surface area contributed by atoms with Crippen molar-refractivity contribution in [3.63, 3.8) is 0 Å².